The Balaban J connectivity index is 0.961. The van der Waals surface area contributed by atoms with Crippen molar-refractivity contribution >= 4 is 17.1 Å². The van der Waals surface area contributed by atoms with Gasteiger partial charge in [0, 0.05) is 27.9 Å². The van der Waals surface area contributed by atoms with Crippen molar-refractivity contribution < 1.29 is 0 Å². The summed E-state index contributed by atoms with van der Waals surface area (Å²) in [5.74, 6) is 0. The zero-order valence-corrected chi connectivity index (χ0v) is 40.3. The molecule has 4 aliphatic rings. The first-order valence-electron chi connectivity index (χ1n) is 25.4. The molecule has 0 heterocycles. The second-order valence-corrected chi connectivity index (χ2v) is 20.5. The minimum Gasteiger partial charge on any atom is -0.310 e. The van der Waals surface area contributed by atoms with Gasteiger partial charge in [-0.25, -0.2) is 0 Å². The molecule has 0 N–H and O–H groups in total. The van der Waals surface area contributed by atoms with Crippen LogP contribution in [0.4, 0.5) is 17.1 Å². The van der Waals surface area contributed by atoms with Gasteiger partial charge in [-0.3, -0.25) is 0 Å². The van der Waals surface area contributed by atoms with Gasteiger partial charge in [0.25, 0.3) is 0 Å². The number of anilines is 3. The molecule has 0 fully saturated rings. The highest BCUT2D eigenvalue weighted by Gasteiger charge is 2.52. The maximum Gasteiger partial charge on any atom is 0.0725 e. The van der Waals surface area contributed by atoms with E-state index in [9.17, 15) is 0 Å². The summed E-state index contributed by atoms with van der Waals surface area (Å²) in [5, 5.41) is 0. The van der Waals surface area contributed by atoms with Gasteiger partial charge < -0.3 is 4.90 Å². The summed E-state index contributed by atoms with van der Waals surface area (Å²) >= 11 is 0. The van der Waals surface area contributed by atoms with Gasteiger partial charge in [0.2, 0.25) is 0 Å². The average Bonchev–Trinajstić information content (AvgIpc) is 4.11. The zero-order valence-electron chi connectivity index (χ0n) is 40.3. The summed E-state index contributed by atoms with van der Waals surface area (Å²) < 4.78 is 0. The van der Waals surface area contributed by atoms with Crippen LogP contribution in [0, 0.1) is 0 Å². The number of hydrogen-bond donors (Lipinski definition) is 0. The zero-order chi connectivity index (χ0) is 47.8. The number of nitrogens with zero attached hydrogens (tertiary/aromatic N) is 1. The summed E-state index contributed by atoms with van der Waals surface area (Å²) in [6.07, 6.45) is 0. The van der Waals surface area contributed by atoms with Crippen molar-refractivity contribution in [3.8, 4) is 55.6 Å². The predicted octanol–water partition coefficient (Wildman–Crippen LogP) is 17.8. The quantitative estimate of drug-likeness (QED) is 0.161. The molecule has 0 saturated carbocycles. The Morgan fingerprint density at radius 1 is 0.250 bits per heavy atom. The van der Waals surface area contributed by atoms with Crippen molar-refractivity contribution in [3.63, 3.8) is 0 Å². The van der Waals surface area contributed by atoms with Crippen LogP contribution in [0.3, 0.4) is 0 Å². The normalized spacial score (nSPS) is 17.5. The van der Waals surface area contributed by atoms with Gasteiger partial charge in [-0.15, -0.1) is 0 Å². The highest BCUT2D eigenvalue weighted by Crippen LogP contribution is 2.64. The molecule has 4 aliphatic carbocycles. The van der Waals surface area contributed by atoms with Crippen molar-refractivity contribution in [2.75, 3.05) is 4.90 Å². The molecular formula is C71H49N. The number of rotatable bonds is 6. The Morgan fingerprint density at radius 3 is 1.12 bits per heavy atom. The fourth-order valence-corrected chi connectivity index (χ4v) is 14.0. The summed E-state index contributed by atoms with van der Waals surface area (Å²) in [7, 11) is 0. The molecule has 1 nitrogen and oxygen atoms in total. The van der Waals surface area contributed by atoms with Crippen LogP contribution in [0.2, 0.25) is 0 Å². The lowest BCUT2D eigenvalue weighted by Crippen LogP contribution is -2.25. The Hall–Kier alpha value is -8.78. The fourth-order valence-electron chi connectivity index (χ4n) is 14.0. The van der Waals surface area contributed by atoms with E-state index in [0.29, 0.717) is 0 Å². The van der Waals surface area contributed by atoms with E-state index in [1.54, 1.807) is 0 Å². The van der Waals surface area contributed by atoms with Crippen molar-refractivity contribution in [2.45, 2.75) is 30.1 Å². The van der Waals surface area contributed by atoms with Gasteiger partial charge in [0.05, 0.1) is 5.41 Å². The lowest BCUT2D eigenvalue weighted by molar-refractivity contribution is 0.713. The molecule has 338 valence electrons. The van der Waals surface area contributed by atoms with Gasteiger partial charge in [0.1, 0.15) is 0 Å². The molecule has 2 unspecified atom stereocenters. The van der Waals surface area contributed by atoms with Gasteiger partial charge >= 0.3 is 0 Å². The van der Waals surface area contributed by atoms with E-state index in [0.717, 1.165) is 17.1 Å². The highest BCUT2D eigenvalue weighted by molar-refractivity contribution is 6.01. The largest absolute Gasteiger partial charge is 0.310 e. The first-order chi connectivity index (χ1) is 35.5. The van der Waals surface area contributed by atoms with Crippen molar-refractivity contribution in [2.24, 2.45) is 0 Å². The highest BCUT2D eigenvalue weighted by atomic mass is 15.1. The maximum atomic E-state index is 2.52. The molecule has 0 radical (unpaired) electrons. The number of hydrogen-bond acceptors (Lipinski definition) is 1. The molecule has 11 aromatic carbocycles. The van der Waals surface area contributed by atoms with Crippen molar-refractivity contribution in [3.05, 3.63) is 316 Å². The van der Waals surface area contributed by atoms with E-state index in [1.165, 1.54) is 111 Å². The molecular weight excluding hydrogens is 867 g/mol. The summed E-state index contributed by atoms with van der Waals surface area (Å²) in [6, 6.07) is 98.3. The molecule has 0 saturated heterocycles. The molecule has 0 bridgehead atoms. The summed E-state index contributed by atoms with van der Waals surface area (Å²) in [6.45, 7) is 4.84. The van der Waals surface area contributed by atoms with Gasteiger partial charge in [-0.05, 0) is 162 Å². The third kappa shape index (κ3) is 5.32. The standard InChI is InChI=1S/C71H49N/c1-69(47-22-5-3-6-23-47)60-33-14-9-27-53(60)57-41-39-50(44-66(57)69)72(51-40-42-58-54-28-10-15-34-61(54)70(2,67(58)45-51)48-24-7-4-8-25-48)49-26-19-21-46(43-49)52-32-20-38-65-68(52)59-31-13-18-37-64(59)71(65)62-35-16-11-29-55(62)56-30-12-17-36-63(56)71/h3-45H,1-2H3. The van der Waals surface area contributed by atoms with E-state index < -0.39 is 5.41 Å². The Labute approximate surface area is 422 Å². The summed E-state index contributed by atoms with van der Waals surface area (Å²) in [5.41, 5.74) is 28.4. The predicted molar refractivity (Wildman–Crippen MR) is 298 cm³/mol. The van der Waals surface area contributed by atoms with Crippen LogP contribution >= 0.6 is 0 Å². The monoisotopic (exact) mass is 915 g/mol. The van der Waals surface area contributed by atoms with Crippen molar-refractivity contribution in [1.82, 2.24) is 0 Å². The lowest BCUT2D eigenvalue weighted by atomic mass is 9.70. The van der Waals surface area contributed by atoms with Crippen LogP contribution in [-0.2, 0) is 16.2 Å². The van der Waals surface area contributed by atoms with Gasteiger partial charge in [0.15, 0.2) is 0 Å². The second-order valence-electron chi connectivity index (χ2n) is 20.5. The Kier molecular flexibility index (Phi) is 8.62. The Bertz CT molecular complexity index is 3840. The fraction of sp³-hybridized carbons (Fsp3) is 0.0704. The molecule has 0 amide bonds. The third-order valence-electron chi connectivity index (χ3n) is 17.3. The lowest BCUT2D eigenvalue weighted by Gasteiger charge is -2.32. The van der Waals surface area contributed by atoms with Crippen LogP contribution in [-0.4, -0.2) is 0 Å². The van der Waals surface area contributed by atoms with Crippen LogP contribution < -0.4 is 4.90 Å². The van der Waals surface area contributed by atoms with Crippen LogP contribution in [0.5, 0.6) is 0 Å². The molecule has 0 aromatic heterocycles. The van der Waals surface area contributed by atoms with Crippen molar-refractivity contribution in [1.29, 1.82) is 0 Å². The topological polar surface area (TPSA) is 3.24 Å². The average molecular weight is 916 g/mol. The van der Waals surface area contributed by atoms with Crippen LogP contribution in [0.25, 0.3) is 55.6 Å². The molecule has 15 rings (SSSR count). The van der Waals surface area contributed by atoms with E-state index >= 15 is 0 Å². The van der Waals surface area contributed by atoms with E-state index in [4.69, 9.17) is 0 Å². The van der Waals surface area contributed by atoms with E-state index in [1.807, 2.05) is 0 Å². The number of benzene rings is 11. The second kappa shape index (κ2) is 15.1. The van der Waals surface area contributed by atoms with Crippen LogP contribution in [0.1, 0.15) is 69.5 Å². The van der Waals surface area contributed by atoms with Crippen LogP contribution in [0.15, 0.2) is 261 Å². The smallest absolute Gasteiger partial charge is 0.0725 e. The molecule has 2 atom stereocenters. The van der Waals surface area contributed by atoms with E-state index in [-0.39, 0.29) is 10.8 Å². The first kappa shape index (κ1) is 41.0. The molecule has 1 spiro atoms. The maximum absolute atomic E-state index is 2.52. The minimum absolute atomic E-state index is 0.354. The summed E-state index contributed by atoms with van der Waals surface area (Å²) in [4.78, 5) is 2.52. The first-order valence-corrected chi connectivity index (χ1v) is 25.4. The van der Waals surface area contributed by atoms with E-state index in [2.05, 4.69) is 280 Å². The number of fused-ring (bicyclic) bond motifs is 16. The molecule has 1 heteroatoms. The third-order valence-corrected chi connectivity index (χ3v) is 17.3. The molecule has 11 aromatic rings. The van der Waals surface area contributed by atoms with Gasteiger partial charge in [-0.2, -0.15) is 0 Å². The SMILES string of the molecule is CC1(c2ccccc2)c2ccccc2-c2ccc(N(c3cccc(-c4cccc5c4-c4ccccc4C54c5ccccc5-c5ccccc54)c3)c3ccc4c(c3)C(C)(c3ccccc3)c3ccccc3-4)cc21. The molecule has 0 aliphatic heterocycles. The minimum atomic E-state index is -0.417. The molecule has 72 heavy (non-hydrogen) atoms. The van der Waals surface area contributed by atoms with Gasteiger partial charge in [-0.1, -0.05) is 224 Å². The Morgan fingerprint density at radius 2 is 0.611 bits per heavy atom.